The third-order valence-corrected chi connectivity index (χ3v) is 4.55. The van der Waals surface area contributed by atoms with Crippen molar-refractivity contribution in [1.29, 1.82) is 5.26 Å². The summed E-state index contributed by atoms with van der Waals surface area (Å²) in [7, 11) is 1.46. The van der Waals surface area contributed by atoms with Crippen molar-refractivity contribution in [2.24, 2.45) is 0 Å². The van der Waals surface area contributed by atoms with E-state index in [-0.39, 0.29) is 28.1 Å². The highest BCUT2D eigenvalue weighted by Gasteiger charge is 2.10. The maximum Gasteiger partial charge on any atom is 0.279 e. The maximum absolute atomic E-state index is 12.9. The predicted octanol–water partition coefficient (Wildman–Crippen LogP) is 0.333. The lowest BCUT2D eigenvalue weighted by atomic mass is 10.1. The van der Waals surface area contributed by atoms with Crippen molar-refractivity contribution in [2.75, 3.05) is 13.7 Å². The van der Waals surface area contributed by atoms with E-state index < -0.39 is 11.5 Å². The fourth-order valence-corrected chi connectivity index (χ4v) is 3.00. The fraction of sp³-hybridized carbons (Fsp3) is 0.0952. The van der Waals surface area contributed by atoms with Gasteiger partial charge in [-0.15, -0.1) is 0 Å². The van der Waals surface area contributed by atoms with E-state index in [2.05, 4.69) is 11.7 Å². The van der Waals surface area contributed by atoms with Gasteiger partial charge in [-0.2, -0.15) is 5.26 Å². The molecule has 0 radical (unpaired) electrons. The number of H-pyrrole nitrogens is 1. The van der Waals surface area contributed by atoms with Crippen molar-refractivity contribution in [3.05, 3.63) is 73.5 Å². The Labute approximate surface area is 175 Å². The zero-order valence-electron chi connectivity index (χ0n) is 15.8. The van der Waals surface area contributed by atoms with Gasteiger partial charge in [0.05, 0.1) is 29.3 Å². The van der Waals surface area contributed by atoms with Crippen molar-refractivity contribution in [2.45, 2.75) is 0 Å². The van der Waals surface area contributed by atoms with Crippen LogP contribution in [-0.4, -0.2) is 29.5 Å². The zero-order chi connectivity index (χ0) is 21.8. The minimum absolute atomic E-state index is 0.00536. The van der Waals surface area contributed by atoms with E-state index in [9.17, 15) is 14.7 Å². The zero-order valence-corrected chi connectivity index (χ0v) is 16.5. The molecule has 152 valence electrons. The van der Waals surface area contributed by atoms with Crippen LogP contribution in [0.4, 0.5) is 0 Å². The predicted molar refractivity (Wildman–Crippen MR) is 108 cm³/mol. The third kappa shape index (κ3) is 4.06. The minimum atomic E-state index is -1.45. The molecule has 0 fully saturated rings. The van der Waals surface area contributed by atoms with Crippen LogP contribution in [0, 0.1) is 11.3 Å². The number of aromatic amines is 1. The number of nitrogens with zero attached hydrogens (tertiary/aromatic N) is 2. The van der Waals surface area contributed by atoms with E-state index in [0.29, 0.717) is 22.4 Å². The lowest BCUT2D eigenvalue weighted by Crippen LogP contribution is -2.34. The van der Waals surface area contributed by atoms with Gasteiger partial charge in [-0.25, -0.2) is 4.68 Å². The summed E-state index contributed by atoms with van der Waals surface area (Å²) in [5.74, 6) is -0.654. The summed E-state index contributed by atoms with van der Waals surface area (Å²) >= 11 is 5.86. The molecule has 3 aromatic rings. The molecule has 0 unspecified atom stereocenters. The number of carboxylic acid groups (broad SMARTS) is 1. The number of halogens is 1. The Morgan fingerprint density at radius 3 is 2.77 bits per heavy atom. The number of carbonyl (C=O) groups excluding carboxylic acids is 1. The Morgan fingerprint density at radius 1 is 1.33 bits per heavy atom. The average molecular weight is 425 g/mol. The summed E-state index contributed by atoms with van der Waals surface area (Å²) < 4.78 is 11.7. The molecule has 2 aromatic carbocycles. The Morgan fingerprint density at radius 2 is 2.10 bits per heavy atom. The van der Waals surface area contributed by atoms with Crippen molar-refractivity contribution < 1.29 is 19.4 Å². The smallest absolute Gasteiger partial charge is 0.279 e. The van der Waals surface area contributed by atoms with E-state index in [1.807, 2.05) is 6.07 Å². The third-order valence-electron chi connectivity index (χ3n) is 4.22. The topological polar surface area (TPSA) is 120 Å². The summed E-state index contributed by atoms with van der Waals surface area (Å²) in [6.07, 6.45) is 1.60. The van der Waals surface area contributed by atoms with Gasteiger partial charge >= 0.3 is 0 Å². The molecule has 0 aliphatic heterocycles. The second-order valence-electron chi connectivity index (χ2n) is 6.10. The van der Waals surface area contributed by atoms with Gasteiger partial charge in [0.1, 0.15) is 6.07 Å². The van der Waals surface area contributed by atoms with Crippen LogP contribution in [0.15, 0.2) is 41.2 Å². The number of methoxy groups -OCH3 is 1. The molecule has 0 aliphatic carbocycles. The molecule has 0 saturated heterocycles. The number of nitrogens with one attached hydrogen (secondary N) is 1. The van der Waals surface area contributed by atoms with Gasteiger partial charge in [-0.1, -0.05) is 24.2 Å². The van der Waals surface area contributed by atoms with Crippen molar-refractivity contribution >= 4 is 30.2 Å². The van der Waals surface area contributed by atoms with Crippen LogP contribution < -0.4 is 30.7 Å². The molecule has 1 heterocycles. The number of hydrogen-bond acceptors (Lipinski definition) is 6. The monoisotopic (exact) mass is 424 g/mol. The van der Waals surface area contributed by atoms with Gasteiger partial charge in [-0.3, -0.25) is 9.89 Å². The van der Waals surface area contributed by atoms with Crippen molar-refractivity contribution in [1.82, 2.24) is 9.78 Å². The summed E-state index contributed by atoms with van der Waals surface area (Å²) in [6, 6.07) is 11.0. The van der Waals surface area contributed by atoms with E-state index >= 15 is 0 Å². The number of aromatic nitrogens is 2. The fourth-order valence-electron chi connectivity index (χ4n) is 2.80. The summed E-state index contributed by atoms with van der Waals surface area (Å²) in [4.78, 5) is 24.1. The highest BCUT2D eigenvalue weighted by molar-refractivity contribution is 6.33. The molecular formula is C21H15ClN3O5-. The van der Waals surface area contributed by atoms with Crippen molar-refractivity contribution in [3.8, 4) is 23.3 Å². The minimum Gasteiger partial charge on any atom is -0.545 e. The Bertz CT molecular complexity index is 1330. The van der Waals surface area contributed by atoms with Crippen LogP contribution in [0.3, 0.4) is 0 Å². The molecular weight excluding hydrogens is 410 g/mol. The van der Waals surface area contributed by atoms with Crippen LogP contribution in [0.2, 0.25) is 5.02 Å². The summed E-state index contributed by atoms with van der Waals surface area (Å²) in [5.41, 5.74) is 0.238. The molecule has 1 N–H and O–H groups in total. The van der Waals surface area contributed by atoms with Crippen LogP contribution in [0.5, 0.6) is 11.5 Å². The van der Waals surface area contributed by atoms with Crippen LogP contribution in [0.1, 0.15) is 15.9 Å². The average Bonchev–Trinajstić information content (AvgIpc) is 3.01. The largest absolute Gasteiger partial charge is 0.545 e. The first-order chi connectivity index (χ1) is 14.3. The second kappa shape index (κ2) is 8.59. The highest BCUT2D eigenvalue weighted by atomic mass is 35.5. The van der Waals surface area contributed by atoms with Crippen molar-refractivity contribution in [3.63, 3.8) is 0 Å². The number of carboxylic acids is 1. The molecule has 1 aromatic heterocycles. The summed E-state index contributed by atoms with van der Waals surface area (Å²) in [5, 5.41) is 23.3. The lowest BCUT2D eigenvalue weighted by Gasteiger charge is -2.08. The molecule has 8 nitrogen and oxygen atoms in total. The first kappa shape index (κ1) is 20.8. The molecule has 9 heteroatoms. The standard InChI is InChI=1S/C21H16ClN3O5/c1-12-15(9-13-3-6-18(30-8-7-23)19(10-13)29-2)20(26)25(24-12)14-4-5-17(22)16(11-14)21(27)28/h3-6,9-11,24H,1,8H2,2H3,(H,27,28)/p-1. The van der Waals surface area contributed by atoms with E-state index in [4.69, 9.17) is 26.3 Å². The lowest BCUT2D eigenvalue weighted by molar-refractivity contribution is -0.255. The first-order valence-corrected chi connectivity index (χ1v) is 8.94. The van der Waals surface area contributed by atoms with Gasteiger partial charge in [0.2, 0.25) is 0 Å². The van der Waals surface area contributed by atoms with E-state index in [1.54, 1.807) is 24.3 Å². The number of hydrogen-bond donors (Lipinski definition) is 1. The molecule has 0 saturated carbocycles. The molecule has 0 spiro atoms. The SMILES string of the molecule is C=c1[nH]n(-c2ccc(Cl)c(C(=O)[O-])c2)c(=O)c1=Cc1ccc(OCC#N)c(OC)c1. The van der Waals surface area contributed by atoms with Gasteiger partial charge in [0.25, 0.3) is 5.56 Å². The van der Waals surface area contributed by atoms with Crippen LogP contribution in [0.25, 0.3) is 18.3 Å². The number of aromatic carboxylic acids is 1. The normalized spacial score (nSPS) is 11.2. The van der Waals surface area contributed by atoms with Gasteiger partial charge in [0, 0.05) is 10.6 Å². The molecule has 0 atom stereocenters. The number of benzene rings is 2. The number of ether oxygens (including phenoxy) is 2. The van der Waals surface area contributed by atoms with Gasteiger partial charge in [0.15, 0.2) is 18.1 Å². The highest BCUT2D eigenvalue weighted by Crippen LogP contribution is 2.28. The Kier molecular flexibility index (Phi) is 5.95. The maximum atomic E-state index is 12.9. The molecule has 3 rings (SSSR count). The molecule has 0 aliphatic rings. The first-order valence-electron chi connectivity index (χ1n) is 8.56. The van der Waals surface area contributed by atoms with Gasteiger partial charge < -0.3 is 19.4 Å². The van der Waals surface area contributed by atoms with Gasteiger partial charge in [-0.05, 0) is 42.0 Å². The number of nitriles is 1. The quantitative estimate of drug-likeness (QED) is 0.609. The van der Waals surface area contributed by atoms with Crippen LogP contribution >= 0.6 is 11.6 Å². The molecule has 0 amide bonds. The Hall–Kier alpha value is -3.96. The van der Waals surface area contributed by atoms with Crippen LogP contribution in [-0.2, 0) is 0 Å². The Balaban J connectivity index is 2.09. The summed E-state index contributed by atoms with van der Waals surface area (Å²) in [6.45, 7) is 3.72. The van der Waals surface area contributed by atoms with E-state index in [1.165, 1.54) is 30.0 Å². The van der Waals surface area contributed by atoms with E-state index in [0.717, 1.165) is 0 Å². The molecule has 0 bridgehead atoms. The molecule has 30 heavy (non-hydrogen) atoms. The number of carbonyl (C=O) groups is 1. The number of rotatable bonds is 6. The second-order valence-corrected chi connectivity index (χ2v) is 6.50.